The van der Waals surface area contributed by atoms with E-state index >= 15 is 0 Å². The van der Waals surface area contributed by atoms with Crippen molar-refractivity contribution in [3.63, 3.8) is 0 Å². The molecule has 2 aromatic rings. The molecule has 0 aliphatic heterocycles. The van der Waals surface area contributed by atoms with E-state index in [1.165, 1.54) is 0 Å². The van der Waals surface area contributed by atoms with Gasteiger partial charge < -0.3 is 14.8 Å². The first kappa shape index (κ1) is 17.3. The third kappa shape index (κ3) is 4.99. The topological polar surface area (TPSA) is 47.6 Å². The third-order valence-electron chi connectivity index (χ3n) is 3.49. The van der Waals surface area contributed by atoms with E-state index in [-0.39, 0.29) is 18.6 Å². The highest BCUT2D eigenvalue weighted by Crippen LogP contribution is 2.21. The van der Waals surface area contributed by atoms with Gasteiger partial charge in [0.1, 0.15) is 11.5 Å². The highest BCUT2D eigenvalue weighted by molar-refractivity contribution is 9.10. The van der Waals surface area contributed by atoms with Crippen molar-refractivity contribution >= 4 is 21.8 Å². The third-order valence-corrected chi connectivity index (χ3v) is 4.38. The van der Waals surface area contributed by atoms with Crippen molar-refractivity contribution < 1.29 is 14.3 Å². The number of ether oxygens (including phenoxy) is 2. The molecule has 5 heteroatoms. The van der Waals surface area contributed by atoms with Gasteiger partial charge >= 0.3 is 0 Å². The number of amides is 1. The van der Waals surface area contributed by atoms with Gasteiger partial charge in [0, 0.05) is 4.47 Å². The smallest absolute Gasteiger partial charge is 0.258 e. The first-order valence-electron chi connectivity index (χ1n) is 7.32. The van der Waals surface area contributed by atoms with Gasteiger partial charge in [-0.15, -0.1) is 0 Å². The molecule has 0 fully saturated rings. The number of carbonyl (C=O) groups excluding carboxylic acids is 1. The van der Waals surface area contributed by atoms with E-state index in [4.69, 9.17) is 9.47 Å². The van der Waals surface area contributed by atoms with Crippen LogP contribution in [0.2, 0.25) is 0 Å². The summed E-state index contributed by atoms with van der Waals surface area (Å²) in [6.45, 7) is 3.90. The van der Waals surface area contributed by atoms with E-state index in [9.17, 15) is 4.79 Å². The summed E-state index contributed by atoms with van der Waals surface area (Å²) in [5, 5.41) is 2.92. The Bertz CT molecular complexity index is 670. The van der Waals surface area contributed by atoms with Crippen LogP contribution in [0.4, 0.5) is 0 Å². The maximum atomic E-state index is 12.0. The Morgan fingerprint density at radius 2 is 1.83 bits per heavy atom. The maximum Gasteiger partial charge on any atom is 0.258 e. The Morgan fingerprint density at radius 1 is 1.17 bits per heavy atom. The van der Waals surface area contributed by atoms with Crippen molar-refractivity contribution in [1.29, 1.82) is 0 Å². The number of hydrogen-bond donors (Lipinski definition) is 1. The summed E-state index contributed by atoms with van der Waals surface area (Å²) >= 11 is 3.43. The number of nitrogens with one attached hydrogen (secondary N) is 1. The van der Waals surface area contributed by atoms with E-state index in [1.807, 2.05) is 56.3 Å². The summed E-state index contributed by atoms with van der Waals surface area (Å²) in [5.74, 6) is 1.31. The fourth-order valence-corrected chi connectivity index (χ4v) is 2.36. The average Bonchev–Trinajstić information content (AvgIpc) is 2.56. The Balaban J connectivity index is 1.86. The fourth-order valence-electron chi connectivity index (χ4n) is 2.11. The Kier molecular flexibility index (Phi) is 6.04. The molecular weight excluding hydrogens is 358 g/mol. The molecule has 0 bridgehead atoms. The highest BCUT2D eigenvalue weighted by Gasteiger charge is 2.10. The lowest BCUT2D eigenvalue weighted by Gasteiger charge is -2.15. The van der Waals surface area contributed by atoms with E-state index in [2.05, 4.69) is 21.2 Å². The quantitative estimate of drug-likeness (QED) is 0.826. The molecule has 0 spiro atoms. The van der Waals surface area contributed by atoms with Crippen LogP contribution >= 0.6 is 15.9 Å². The van der Waals surface area contributed by atoms with Crippen molar-refractivity contribution in [2.75, 3.05) is 13.7 Å². The Labute approximate surface area is 144 Å². The molecule has 1 amide bonds. The van der Waals surface area contributed by atoms with Gasteiger partial charge in [-0.25, -0.2) is 0 Å². The molecule has 0 saturated heterocycles. The van der Waals surface area contributed by atoms with Gasteiger partial charge in [-0.3, -0.25) is 4.79 Å². The molecule has 2 aromatic carbocycles. The molecule has 2 rings (SSSR count). The van der Waals surface area contributed by atoms with E-state index < -0.39 is 0 Å². The van der Waals surface area contributed by atoms with Gasteiger partial charge in [-0.05, 0) is 55.3 Å². The number of carbonyl (C=O) groups is 1. The second kappa shape index (κ2) is 8.02. The molecule has 1 N–H and O–H groups in total. The normalized spacial score (nSPS) is 11.7. The number of aryl methyl sites for hydroxylation is 1. The van der Waals surface area contributed by atoms with Gasteiger partial charge in [0.2, 0.25) is 0 Å². The zero-order valence-corrected chi connectivity index (χ0v) is 15.0. The second-order valence-corrected chi connectivity index (χ2v) is 6.12. The van der Waals surface area contributed by atoms with Crippen LogP contribution in [0.1, 0.15) is 24.1 Å². The summed E-state index contributed by atoms with van der Waals surface area (Å²) in [7, 11) is 1.63. The lowest BCUT2D eigenvalue weighted by molar-refractivity contribution is -0.123. The standard InChI is InChI=1S/C18H20BrNO3/c1-12-10-16(8-9-17(12)19)23-11-18(21)20-13(2)14-4-6-15(22-3)7-5-14/h4-10,13H,11H2,1-3H3,(H,20,21)/t13-/m0/s1. The van der Waals surface area contributed by atoms with Crippen LogP contribution < -0.4 is 14.8 Å². The Morgan fingerprint density at radius 3 is 2.43 bits per heavy atom. The summed E-state index contributed by atoms with van der Waals surface area (Å²) in [6.07, 6.45) is 0. The van der Waals surface area contributed by atoms with Crippen molar-refractivity contribution in [3.05, 3.63) is 58.1 Å². The zero-order chi connectivity index (χ0) is 16.8. The van der Waals surface area contributed by atoms with Crippen LogP contribution in [-0.4, -0.2) is 19.6 Å². The molecule has 0 aliphatic rings. The van der Waals surface area contributed by atoms with Gasteiger partial charge in [0.05, 0.1) is 13.2 Å². The van der Waals surface area contributed by atoms with Crippen LogP contribution in [-0.2, 0) is 4.79 Å². The maximum absolute atomic E-state index is 12.0. The minimum atomic E-state index is -0.158. The molecule has 1 atom stereocenters. The molecule has 0 aliphatic carbocycles. The molecule has 0 unspecified atom stereocenters. The minimum absolute atomic E-state index is 0.0123. The van der Waals surface area contributed by atoms with E-state index in [0.717, 1.165) is 21.3 Å². The van der Waals surface area contributed by atoms with Crippen molar-refractivity contribution in [1.82, 2.24) is 5.32 Å². The van der Waals surface area contributed by atoms with Gasteiger partial charge in [-0.1, -0.05) is 28.1 Å². The predicted molar refractivity (Wildman–Crippen MR) is 93.9 cm³/mol. The van der Waals surface area contributed by atoms with Crippen LogP contribution in [0.5, 0.6) is 11.5 Å². The monoisotopic (exact) mass is 377 g/mol. The van der Waals surface area contributed by atoms with Gasteiger partial charge in [0.15, 0.2) is 6.61 Å². The van der Waals surface area contributed by atoms with Crippen molar-refractivity contribution in [2.24, 2.45) is 0 Å². The molecule has 0 radical (unpaired) electrons. The predicted octanol–water partition coefficient (Wildman–Crippen LogP) is 4.02. The number of hydrogen-bond acceptors (Lipinski definition) is 3. The number of halogens is 1. The lowest BCUT2D eigenvalue weighted by atomic mass is 10.1. The number of methoxy groups -OCH3 is 1. The molecule has 4 nitrogen and oxygen atoms in total. The molecule has 0 heterocycles. The summed E-state index contributed by atoms with van der Waals surface area (Å²) in [4.78, 5) is 12.0. The first-order chi connectivity index (χ1) is 11.0. The second-order valence-electron chi connectivity index (χ2n) is 5.26. The SMILES string of the molecule is COc1ccc([C@H](C)NC(=O)COc2ccc(Br)c(C)c2)cc1. The number of benzene rings is 2. The van der Waals surface area contributed by atoms with Crippen LogP contribution in [0.25, 0.3) is 0 Å². The summed E-state index contributed by atoms with van der Waals surface area (Å²) in [6, 6.07) is 13.1. The van der Waals surface area contributed by atoms with Crippen LogP contribution in [0, 0.1) is 6.92 Å². The summed E-state index contributed by atoms with van der Waals surface area (Å²) in [5.41, 5.74) is 2.08. The largest absolute Gasteiger partial charge is 0.497 e. The highest BCUT2D eigenvalue weighted by atomic mass is 79.9. The number of rotatable bonds is 6. The first-order valence-corrected chi connectivity index (χ1v) is 8.11. The van der Waals surface area contributed by atoms with E-state index in [1.54, 1.807) is 7.11 Å². The fraction of sp³-hybridized carbons (Fsp3) is 0.278. The summed E-state index contributed by atoms with van der Waals surface area (Å²) < 4.78 is 11.7. The Hall–Kier alpha value is -2.01. The average molecular weight is 378 g/mol. The van der Waals surface area contributed by atoms with E-state index in [0.29, 0.717) is 5.75 Å². The molecule has 0 aromatic heterocycles. The van der Waals surface area contributed by atoms with Crippen LogP contribution in [0.15, 0.2) is 46.9 Å². The van der Waals surface area contributed by atoms with Crippen LogP contribution in [0.3, 0.4) is 0 Å². The zero-order valence-electron chi connectivity index (χ0n) is 13.4. The van der Waals surface area contributed by atoms with Gasteiger partial charge in [-0.2, -0.15) is 0 Å². The van der Waals surface area contributed by atoms with Gasteiger partial charge in [0.25, 0.3) is 5.91 Å². The van der Waals surface area contributed by atoms with Crippen molar-refractivity contribution in [2.45, 2.75) is 19.9 Å². The molecular formula is C18H20BrNO3. The van der Waals surface area contributed by atoms with Crippen molar-refractivity contribution in [3.8, 4) is 11.5 Å². The molecule has 122 valence electrons. The molecule has 0 saturated carbocycles. The lowest BCUT2D eigenvalue weighted by Crippen LogP contribution is -2.31. The molecule has 23 heavy (non-hydrogen) atoms. The minimum Gasteiger partial charge on any atom is -0.497 e.